The zero-order valence-electron chi connectivity index (χ0n) is 21.8. The lowest BCUT2D eigenvalue weighted by atomic mass is 9.94. The molecule has 2 N–H and O–H groups in total. The summed E-state index contributed by atoms with van der Waals surface area (Å²) in [5.74, 6) is -0.173. The number of fused-ring (bicyclic) bond motifs is 2. The normalized spacial score (nSPS) is 19.4. The van der Waals surface area contributed by atoms with Gasteiger partial charge in [-0.3, -0.25) is 9.59 Å². The van der Waals surface area contributed by atoms with Crippen LogP contribution in [0.5, 0.6) is 5.88 Å². The van der Waals surface area contributed by atoms with Gasteiger partial charge in [0.05, 0.1) is 35.3 Å². The highest BCUT2D eigenvalue weighted by Crippen LogP contribution is 2.35. The topological polar surface area (TPSA) is 144 Å². The summed E-state index contributed by atoms with van der Waals surface area (Å²) in [7, 11) is 0. The molecule has 0 aromatic carbocycles. The molecule has 2 aliphatic rings. The van der Waals surface area contributed by atoms with Crippen molar-refractivity contribution in [2.75, 3.05) is 18.4 Å². The van der Waals surface area contributed by atoms with Crippen LogP contribution >= 0.6 is 0 Å². The second-order valence-electron chi connectivity index (χ2n) is 10.3. The molecule has 1 amide bonds. The van der Waals surface area contributed by atoms with Gasteiger partial charge in [-0.25, -0.2) is 19.7 Å². The van der Waals surface area contributed by atoms with E-state index in [1.807, 2.05) is 13.8 Å². The Morgan fingerprint density at radius 3 is 2.55 bits per heavy atom. The van der Waals surface area contributed by atoms with Gasteiger partial charge in [-0.2, -0.15) is 0 Å². The number of Topliss-reactive ketones (excluding diaryl/α,β-unsaturated/α-hetero) is 1. The standard InChI is InChI=1S/C27H29N5O6/c1-13-15(3)37-26(35)17-6-7-21(31-23(13)17)30-22-8-18-19(9-28-22)24(29-10-20(18)27(4,5)36)38-16-11-32(12-16)25(34)14(2)33/h6-10,13,15-16,36H,11-12H2,1-5H3,(H,28,30,31)/t13-,15-/m0/s1. The van der Waals surface area contributed by atoms with Crippen LogP contribution in [-0.2, 0) is 19.9 Å². The van der Waals surface area contributed by atoms with Crippen LogP contribution in [0.3, 0.4) is 0 Å². The first kappa shape index (κ1) is 25.5. The Bertz CT molecular complexity index is 1460. The number of likely N-dealkylation sites (tertiary alicyclic amines) is 1. The number of carbonyl (C=O) groups is 3. The number of amides is 1. The zero-order valence-corrected chi connectivity index (χ0v) is 21.8. The molecule has 0 saturated carbocycles. The molecule has 2 aliphatic heterocycles. The molecule has 3 aromatic heterocycles. The summed E-state index contributed by atoms with van der Waals surface area (Å²) in [5.41, 5.74) is 0.495. The molecule has 11 nitrogen and oxygen atoms in total. The Kier molecular flexibility index (Phi) is 6.26. The number of hydrogen-bond acceptors (Lipinski definition) is 10. The van der Waals surface area contributed by atoms with Crippen molar-refractivity contribution in [1.82, 2.24) is 19.9 Å². The first-order valence-corrected chi connectivity index (χ1v) is 12.4. The summed E-state index contributed by atoms with van der Waals surface area (Å²) >= 11 is 0. The minimum Gasteiger partial charge on any atom is -0.470 e. The number of pyridine rings is 3. The van der Waals surface area contributed by atoms with E-state index in [0.717, 1.165) is 0 Å². The van der Waals surface area contributed by atoms with Gasteiger partial charge in [0, 0.05) is 30.8 Å². The van der Waals surface area contributed by atoms with Gasteiger partial charge in [0.25, 0.3) is 5.91 Å². The minimum atomic E-state index is -1.19. The van der Waals surface area contributed by atoms with E-state index in [2.05, 4.69) is 20.3 Å². The van der Waals surface area contributed by atoms with Crippen LogP contribution in [0.1, 0.15) is 62.2 Å². The number of hydrogen-bond donors (Lipinski definition) is 2. The number of anilines is 2. The Morgan fingerprint density at radius 1 is 1.13 bits per heavy atom. The van der Waals surface area contributed by atoms with Crippen LogP contribution in [0.4, 0.5) is 11.6 Å². The fourth-order valence-corrected chi connectivity index (χ4v) is 4.57. The molecule has 0 radical (unpaired) electrons. The van der Waals surface area contributed by atoms with Crippen molar-refractivity contribution in [2.45, 2.75) is 58.3 Å². The molecule has 3 aromatic rings. The summed E-state index contributed by atoms with van der Waals surface area (Å²) in [4.78, 5) is 50.4. The fourth-order valence-electron chi connectivity index (χ4n) is 4.57. The van der Waals surface area contributed by atoms with E-state index >= 15 is 0 Å². The van der Waals surface area contributed by atoms with Gasteiger partial charge in [0.1, 0.15) is 23.8 Å². The first-order chi connectivity index (χ1) is 17.9. The number of nitrogens with zero attached hydrogens (tertiary/aromatic N) is 4. The summed E-state index contributed by atoms with van der Waals surface area (Å²) in [6, 6.07) is 5.16. The van der Waals surface area contributed by atoms with Gasteiger partial charge in [-0.1, -0.05) is 6.92 Å². The van der Waals surface area contributed by atoms with Crippen molar-refractivity contribution in [3.05, 3.63) is 47.4 Å². The van der Waals surface area contributed by atoms with E-state index in [0.29, 0.717) is 45.1 Å². The second-order valence-corrected chi connectivity index (χ2v) is 10.3. The van der Waals surface area contributed by atoms with Gasteiger partial charge in [0.2, 0.25) is 11.7 Å². The fraction of sp³-hybridized carbons (Fsp3) is 0.407. The highest BCUT2D eigenvalue weighted by Gasteiger charge is 2.35. The number of aliphatic hydroxyl groups is 1. The predicted octanol–water partition coefficient (Wildman–Crippen LogP) is 2.84. The van der Waals surface area contributed by atoms with Gasteiger partial charge < -0.3 is 24.8 Å². The van der Waals surface area contributed by atoms with Crippen molar-refractivity contribution >= 4 is 40.1 Å². The molecule has 0 bridgehead atoms. The first-order valence-electron chi connectivity index (χ1n) is 12.4. The number of carbonyl (C=O) groups excluding carboxylic acids is 3. The van der Waals surface area contributed by atoms with Crippen molar-refractivity contribution in [3.63, 3.8) is 0 Å². The lowest BCUT2D eigenvalue weighted by Gasteiger charge is -2.38. The minimum absolute atomic E-state index is 0.0604. The zero-order chi connectivity index (χ0) is 27.4. The molecule has 2 atom stereocenters. The average Bonchev–Trinajstić information content (AvgIpc) is 2.83. The lowest BCUT2D eigenvalue weighted by Crippen LogP contribution is -2.57. The molecule has 198 valence electrons. The molecule has 5 heterocycles. The van der Waals surface area contributed by atoms with Crippen LogP contribution < -0.4 is 10.1 Å². The molecule has 38 heavy (non-hydrogen) atoms. The van der Waals surface area contributed by atoms with E-state index in [1.54, 1.807) is 44.4 Å². The average molecular weight is 520 g/mol. The van der Waals surface area contributed by atoms with Crippen LogP contribution in [0.25, 0.3) is 10.8 Å². The number of esters is 1. The third-order valence-corrected chi connectivity index (χ3v) is 6.94. The Balaban J connectivity index is 1.44. The molecular weight excluding hydrogens is 490 g/mol. The van der Waals surface area contributed by atoms with E-state index in [9.17, 15) is 19.5 Å². The summed E-state index contributed by atoms with van der Waals surface area (Å²) in [5, 5.41) is 15.3. The highest BCUT2D eigenvalue weighted by atomic mass is 16.5. The molecule has 0 spiro atoms. The summed E-state index contributed by atoms with van der Waals surface area (Å²) < 4.78 is 11.4. The number of nitrogens with one attached hydrogen (secondary N) is 1. The summed E-state index contributed by atoms with van der Waals surface area (Å²) in [6.07, 6.45) is 2.58. The smallest absolute Gasteiger partial charge is 0.340 e. The highest BCUT2D eigenvalue weighted by molar-refractivity contribution is 6.35. The monoisotopic (exact) mass is 519 g/mol. The Labute approximate surface area is 219 Å². The number of cyclic esters (lactones) is 1. The van der Waals surface area contributed by atoms with Crippen LogP contribution in [0, 0.1) is 0 Å². The van der Waals surface area contributed by atoms with Crippen LogP contribution in [-0.4, -0.2) is 67.9 Å². The van der Waals surface area contributed by atoms with E-state index < -0.39 is 17.3 Å². The van der Waals surface area contributed by atoms with E-state index in [4.69, 9.17) is 9.47 Å². The van der Waals surface area contributed by atoms with Crippen LogP contribution in [0.2, 0.25) is 0 Å². The van der Waals surface area contributed by atoms with E-state index in [1.165, 1.54) is 11.8 Å². The lowest BCUT2D eigenvalue weighted by molar-refractivity contribution is -0.149. The SMILES string of the molecule is CC(=O)C(=O)N1CC(Oc2ncc(C(C)(C)O)c3cc(Nc4ccc5c(n4)[C@@H](C)[C@H](C)OC5=O)ncc23)C1. The molecule has 1 saturated heterocycles. The molecular formula is C27H29N5O6. The van der Waals surface area contributed by atoms with E-state index in [-0.39, 0.29) is 37.2 Å². The van der Waals surface area contributed by atoms with Crippen molar-refractivity contribution in [2.24, 2.45) is 0 Å². The van der Waals surface area contributed by atoms with Crippen molar-refractivity contribution in [3.8, 4) is 5.88 Å². The van der Waals surface area contributed by atoms with Crippen molar-refractivity contribution < 1.29 is 29.0 Å². The third-order valence-electron chi connectivity index (χ3n) is 6.94. The number of ketones is 1. The molecule has 5 rings (SSSR count). The maximum Gasteiger partial charge on any atom is 0.340 e. The second kappa shape index (κ2) is 9.32. The van der Waals surface area contributed by atoms with Crippen LogP contribution in [0.15, 0.2) is 30.6 Å². The molecule has 1 fully saturated rings. The molecule has 11 heteroatoms. The predicted molar refractivity (Wildman–Crippen MR) is 137 cm³/mol. The Hall–Kier alpha value is -4.12. The Morgan fingerprint density at radius 2 is 1.87 bits per heavy atom. The number of rotatable bonds is 6. The van der Waals surface area contributed by atoms with Gasteiger partial charge in [0.15, 0.2) is 0 Å². The quantitative estimate of drug-likeness (QED) is 0.368. The molecule has 0 aliphatic carbocycles. The third kappa shape index (κ3) is 4.65. The molecule has 0 unspecified atom stereocenters. The maximum absolute atomic E-state index is 12.2. The van der Waals surface area contributed by atoms with Crippen molar-refractivity contribution in [1.29, 1.82) is 0 Å². The number of aromatic nitrogens is 3. The summed E-state index contributed by atoms with van der Waals surface area (Å²) in [6.45, 7) is 8.96. The van der Waals surface area contributed by atoms with Gasteiger partial charge in [-0.15, -0.1) is 0 Å². The van der Waals surface area contributed by atoms with Gasteiger partial charge in [-0.05, 0) is 44.4 Å². The largest absolute Gasteiger partial charge is 0.470 e. The number of ether oxygens (including phenoxy) is 2. The maximum atomic E-state index is 12.2. The van der Waals surface area contributed by atoms with Gasteiger partial charge >= 0.3 is 5.97 Å².